The average molecular weight is 244 g/mol. The zero-order valence-corrected chi connectivity index (χ0v) is 11.0. The summed E-state index contributed by atoms with van der Waals surface area (Å²) < 4.78 is 0. The van der Waals surface area contributed by atoms with Gasteiger partial charge in [-0.15, -0.1) is 0 Å². The van der Waals surface area contributed by atoms with Crippen LogP contribution in [-0.4, -0.2) is 5.25 Å². The lowest BCUT2D eigenvalue weighted by Crippen LogP contribution is -2.06. The van der Waals surface area contributed by atoms with E-state index in [2.05, 4.69) is 20.8 Å². The van der Waals surface area contributed by atoms with Crippen LogP contribution in [0.2, 0.25) is 5.02 Å². The summed E-state index contributed by atoms with van der Waals surface area (Å²) in [6, 6.07) is 5.66. The van der Waals surface area contributed by atoms with E-state index in [0.29, 0.717) is 11.2 Å². The maximum Gasteiger partial charge on any atom is 0.0410 e. The second-order valence-electron chi connectivity index (χ2n) is 4.10. The number of benzene rings is 1. The van der Waals surface area contributed by atoms with Crippen molar-refractivity contribution in [3.63, 3.8) is 0 Å². The second kappa shape index (κ2) is 5.66. The van der Waals surface area contributed by atoms with Gasteiger partial charge in [-0.3, -0.25) is 0 Å². The Morgan fingerprint density at radius 3 is 2.60 bits per heavy atom. The van der Waals surface area contributed by atoms with Crippen molar-refractivity contribution in [2.75, 3.05) is 5.73 Å². The van der Waals surface area contributed by atoms with Gasteiger partial charge in [-0.25, -0.2) is 0 Å². The SMILES string of the molecule is CC(C)C(C)SCc1cc(Cl)ccc1N. The Hall–Kier alpha value is -0.340. The summed E-state index contributed by atoms with van der Waals surface area (Å²) in [5.41, 5.74) is 7.85. The molecule has 0 fully saturated rings. The van der Waals surface area contributed by atoms with Crippen LogP contribution in [0, 0.1) is 5.92 Å². The predicted octanol–water partition coefficient (Wildman–Crippen LogP) is 4.20. The molecule has 0 aliphatic carbocycles. The molecule has 0 aromatic heterocycles. The molecular formula is C12H18ClNS. The summed E-state index contributed by atoms with van der Waals surface area (Å²) in [5.74, 6) is 1.63. The first kappa shape index (κ1) is 12.7. The van der Waals surface area contributed by atoms with Gasteiger partial charge in [0.2, 0.25) is 0 Å². The zero-order valence-electron chi connectivity index (χ0n) is 9.46. The molecule has 0 spiro atoms. The van der Waals surface area contributed by atoms with Gasteiger partial charge in [0.25, 0.3) is 0 Å². The van der Waals surface area contributed by atoms with Crippen LogP contribution in [0.1, 0.15) is 26.3 Å². The lowest BCUT2D eigenvalue weighted by Gasteiger charge is -2.15. The first-order valence-electron chi connectivity index (χ1n) is 5.16. The molecule has 0 saturated carbocycles. The molecule has 1 atom stereocenters. The molecule has 0 aliphatic rings. The monoisotopic (exact) mass is 243 g/mol. The summed E-state index contributed by atoms with van der Waals surface area (Å²) in [6.45, 7) is 6.72. The first-order chi connectivity index (χ1) is 7.00. The van der Waals surface area contributed by atoms with E-state index in [-0.39, 0.29) is 0 Å². The van der Waals surface area contributed by atoms with E-state index in [0.717, 1.165) is 22.0 Å². The van der Waals surface area contributed by atoms with Crippen LogP contribution >= 0.6 is 23.4 Å². The number of hydrogen-bond acceptors (Lipinski definition) is 2. The molecule has 0 heterocycles. The molecule has 1 aromatic carbocycles. The smallest absolute Gasteiger partial charge is 0.0410 e. The number of nitrogens with two attached hydrogens (primary N) is 1. The van der Waals surface area contributed by atoms with E-state index in [4.69, 9.17) is 17.3 Å². The lowest BCUT2D eigenvalue weighted by atomic mass is 10.2. The van der Waals surface area contributed by atoms with Gasteiger partial charge in [0.05, 0.1) is 0 Å². The topological polar surface area (TPSA) is 26.0 Å². The van der Waals surface area contributed by atoms with E-state index in [1.807, 2.05) is 30.0 Å². The van der Waals surface area contributed by atoms with Crippen LogP contribution in [0.15, 0.2) is 18.2 Å². The molecule has 0 radical (unpaired) electrons. The van der Waals surface area contributed by atoms with E-state index in [9.17, 15) is 0 Å². The largest absolute Gasteiger partial charge is 0.398 e. The van der Waals surface area contributed by atoms with Crippen molar-refractivity contribution in [2.45, 2.75) is 31.8 Å². The van der Waals surface area contributed by atoms with Crippen molar-refractivity contribution in [2.24, 2.45) is 5.92 Å². The van der Waals surface area contributed by atoms with Crippen LogP contribution in [0.25, 0.3) is 0 Å². The molecule has 1 rings (SSSR count). The van der Waals surface area contributed by atoms with Gasteiger partial charge in [-0.2, -0.15) is 11.8 Å². The molecule has 84 valence electrons. The Balaban J connectivity index is 2.61. The lowest BCUT2D eigenvalue weighted by molar-refractivity contribution is 0.642. The van der Waals surface area contributed by atoms with Crippen LogP contribution in [0.5, 0.6) is 0 Å². The number of halogens is 1. The minimum Gasteiger partial charge on any atom is -0.398 e. The highest BCUT2D eigenvalue weighted by Gasteiger charge is 2.09. The summed E-state index contributed by atoms with van der Waals surface area (Å²) >= 11 is 7.85. The highest BCUT2D eigenvalue weighted by Crippen LogP contribution is 2.27. The second-order valence-corrected chi connectivity index (χ2v) is 5.91. The maximum absolute atomic E-state index is 5.93. The normalized spacial score (nSPS) is 13.1. The van der Waals surface area contributed by atoms with Crippen molar-refractivity contribution in [3.8, 4) is 0 Å². The van der Waals surface area contributed by atoms with Gasteiger partial charge in [0.15, 0.2) is 0 Å². The third-order valence-electron chi connectivity index (χ3n) is 2.55. The molecule has 0 amide bonds. The molecule has 0 saturated heterocycles. The first-order valence-corrected chi connectivity index (χ1v) is 6.59. The molecular weight excluding hydrogens is 226 g/mol. The fraction of sp³-hybridized carbons (Fsp3) is 0.500. The Kier molecular flexibility index (Phi) is 4.81. The van der Waals surface area contributed by atoms with Gasteiger partial charge in [-0.1, -0.05) is 32.4 Å². The number of rotatable bonds is 4. The van der Waals surface area contributed by atoms with E-state index in [1.165, 1.54) is 0 Å². The van der Waals surface area contributed by atoms with Crippen molar-refractivity contribution in [1.29, 1.82) is 0 Å². The highest BCUT2D eigenvalue weighted by atomic mass is 35.5. The molecule has 2 N–H and O–H groups in total. The fourth-order valence-electron chi connectivity index (χ4n) is 1.11. The van der Waals surface area contributed by atoms with Crippen LogP contribution in [0.3, 0.4) is 0 Å². The standard InChI is InChI=1S/C12H18ClNS/c1-8(2)9(3)15-7-10-6-11(13)4-5-12(10)14/h4-6,8-9H,7,14H2,1-3H3. The third kappa shape index (κ3) is 3.96. The highest BCUT2D eigenvalue weighted by molar-refractivity contribution is 7.99. The van der Waals surface area contributed by atoms with Crippen molar-refractivity contribution < 1.29 is 0 Å². The molecule has 0 aliphatic heterocycles. The zero-order chi connectivity index (χ0) is 11.4. The van der Waals surface area contributed by atoms with Crippen LogP contribution in [0.4, 0.5) is 5.69 Å². The molecule has 3 heteroatoms. The maximum atomic E-state index is 5.93. The van der Waals surface area contributed by atoms with Gasteiger partial charge < -0.3 is 5.73 Å². The van der Waals surface area contributed by atoms with Crippen LogP contribution < -0.4 is 5.73 Å². The molecule has 1 nitrogen and oxygen atoms in total. The Labute approximate surface area is 101 Å². The third-order valence-corrected chi connectivity index (χ3v) is 4.33. The molecule has 15 heavy (non-hydrogen) atoms. The van der Waals surface area contributed by atoms with Gasteiger partial charge >= 0.3 is 0 Å². The van der Waals surface area contributed by atoms with Crippen LogP contribution in [-0.2, 0) is 5.75 Å². The van der Waals surface area contributed by atoms with E-state index >= 15 is 0 Å². The Morgan fingerprint density at radius 2 is 2.00 bits per heavy atom. The average Bonchev–Trinajstić information content (AvgIpc) is 2.18. The van der Waals surface area contributed by atoms with Gasteiger partial charge in [0, 0.05) is 21.7 Å². The number of thioether (sulfide) groups is 1. The molecule has 1 aromatic rings. The number of hydrogen-bond donors (Lipinski definition) is 1. The van der Waals surface area contributed by atoms with Gasteiger partial charge in [-0.05, 0) is 29.7 Å². The molecule has 1 unspecified atom stereocenters. The summed E-state index contributed by atoms with van der Waals surface area (Å²) in [5, 5.41) is 1.40. The minimum absolute atomic E-state index is 0.642. The van der Waals surface area contributed by atoms with Crippen molar-refractivity contribution in [3.05, 3.63) is 28.8 Å². The number of nitrogen functional groups attached to an aromatic ring is 1. The van der Waals surface area contributed by atoms with Gasteiger partial charge in [0.1, 0.15) is 0 Å². The van der Waals surface area contributed by atoms with E-state index in [1.54, 1.807) is 0 Å². The van der Waals surface area contributed by atoms with E-state index < -0.39 is 0 Å². The fourth-order valence-corrected chi connectivity index (χ4v) is 2.39. The van der Waals surface area contributed by atoms with Crippen molar-refractivity contribution >= 4 is 29.1 Å². The summed E-state index contributed by atoms with van der Waals surface area (Å²) in [6.07, 6.45) is 0. The summed E-state index contributed by atoms with van der Waals surface area (Å²) in [4.78, 5) is 0. The quantitative estimate of drug-likeness (QED) is 0.803. The predicted molar refractivity (Wildman–Crippen MR) is 71.5 cm³/mol. The Bertz CT molecular complexity index is 325. The minimum atomic E-state index is 0.642. The number of anilines is 1. The van der Waals surface area contributed by atoms with Crippen molar-refractivity contribution in [1.82, 2.24) is 0 Å². The Morgan fingerprint density at radius 1 is 1.33 bits per heavy atom. The molecule has 0 bridgehead atoms. The summed E-state index contributed by atoms with van der Waals surface area (Å²) in [7, 11) is 0.